The molecule has 1 saturated heterocycles. The molecule has 2 unspecified atom stereocenters. The summed E-state index contributed by atoms with van der Waals surface area (Å²) in [6.07, 6.45) is 5.23. The minimum absolute atomic E-state index is 0.155. The zero-order valence-corrected chi connectivity index (χ0v) is 15.1. The Balaban J connectivity index is 2.22. The molecule has 2 aliphatic rings. The molecule has 1 saturated carbocycles. The van der Waals surface area contributed by atoms with Gasteiger partial charge in [-0.15, -0.1) is 0 Å². The van der Waals surface area contributed by atoms with E-state index in [2.05, 4.69) is 0 Å². The maximum Gasteiger partial charge on any atom is 0.328 e. The number of hydrogen-bond donors (Lipinski definition) is 2. The van der Waals surface area contributed by atoms with E-state index in [-0.39, 0.29) is 11.9 Å². The largest absolute Gasteiger partial charge is 0.467 e. The number of nitrogens with zero attached hydrogens (tertiary/aromatic N) is 2. The van der Waals surface area contributed by atoms with Gasteiger partial charge in [0, 0.05) is 24.4 Å². The molecule has 1 aliphatic carbocycles. The number of ether oxygens (including phenoxy) is 1. The van der Waals surface area contributed by atoms with Crippen molar-refractivity contribution in [1.82, 2.24) is 9.91 Å². The summed E-state index contributed by atoms with van der Waals surface area (Å²) in [6, 6.07) is -1.12. The maximum absolute atomic E-state index is 13.2. The number of rotatable bonds is 5. The van der Waals surface area contributed by atoms with E-state index in [0.29, 0.717) is 24.6 Å². The van der Waals surface area contributed by atoms with Crippen LogP contribution in [0.2, 0.25) is 0 Å². The average Bonchev–Trinajstić information content (AvgIpc) is 3.22. The lowest BCUT2D eigenvalue weighted by molar-refractivity contribution is -0.154. The van der Waals surface area contributed by atoms with E-state index < -0.39 is 17.5 Å². The Morgan fingerprint density at radius 1 is 1.29 bits per heavy atom. The number of carbonyl (C=O) groups excluding carboxylic acids is 2. The monoisotopic (exact) mass is 338 g/mol. The molecule has 0 aromatic rings. The molecule has 2 rings (SSSR count). The van der Waals surface area contributed by atoms with Gasteiger partial charge in [0.15, 0.2) is 0 Å². The lowest BCUT2D eigenvalue weighted by Gasteiger charge is -2.39. The SMILES string of the molecule is COC(=O)C1CCCN1C(=O)C(N(N)/C=C(\N)C1CC1)C(C)(C)C. The van der Waals surface area contributed by atoms with Gasteiger partial charge in [0.25, 0.3) is 0 Å². The molecule has 24 heavy (non-hydrogen) atoms. The summed E-state index contributed by atoms with van der Waals surface area (Å²) < 4.78 is 4.84. The van der Waals surface area contributed by atoms with Crippen LogP contribution in [0.4, 0.5) is 0 Å². The van der Waals surface area contributed by atoms with Crippen molar-refractivity contribution in [1.29, 1.82) is 0 Å². The Morgan fingerprint density at radius 2 is 1.92 bits per heavy atom. The van der Waals surface area contributed by atoms with E-state index >= 15 is 0 Å². The number of likely N-dealkylation sites (tertiary alicyclic amines) is 1. The Kier molecular flexibility index (Phi) is 5.42. The van der Waals surface area contributed by atoms with Gasteiger partial charge in [0.05, 0.1) is 7.11 Å². The first kappa shape index (κ1) is 18.6. The smallest absolute Gasteiger partial charge is 0.328 e. The van der Waals surface area contributed by atoms with Crippen molar-refractivity contribution in [2.45, 2.75) is 58.5 Å². The highest BCUT2D eigenvalue weighted by atomic mass is 16.5. The summed E-state index contributed by atoms with van der Waals surface area (Å²) in [6.45, 7) is 6.42. The summed E-state index contributed by atoms with van der Waals surface area (Å²) in [5, 5.41) is 1.42. The Bertz CT molecular complexity index is 522. The van der Waals surface area contributed by atoms with Crippen LogP contribution in [-0.4, -0.2) is 47.5 Å². The molecule has 1 amide bonds. The van der Waals surface area contributed by atoms with Gasteiger partial charge in [0.1, 0.15) is 12.1 Å². The Morgan fingerprint density at radius 3 is 2.42 bits per heavy atom. The van der Waals surface area contributed by atoms with Gasteiger partial charge in [-0.1, -0.05) is 20.8 Å². The lowest BCUT2D eigenvalue weighted by atomic mass is 9.85. The Labute approximate surface area is 143 Å². The van der Waals surface area contributed by atoms with Gasteiger partial charge in [-0.25, -0.2) is 10.6 Å². The minimum atomic E-state index is -0.597. The molecule has 1 aliphatic heterocycles. The number of amides is 1. The van der Waals surface area contributed by atoms with Crippen molar-refractivity contribution < 1.29 is 14.3 Å². The van der Waals surface area contributed by atoms with Crippen molar-refractivity contribution in [2.75, 3.05) is 13.7 Å². The first-order valence-corrected chi connectivity index (χ1v) is 8.55. The van der Waals surface area contributed by atoms with Gasteiger partial charge in [-0.05, 0) is 31.1 Å². The highest BCUT2D eigenvalue weighted by Crippen LogP contribution is 2.35. The van der Waals surface area contributed by atoms with E-state index in [1.54, 1.807) is 11.1 Å². The quantitative estimate of drug-likeness (QED) is 0.440. The number of esters is 1. The number of methoxy groups -OCH3 is 1. The zero-order valence-electron chi connectivity index (χ0n) is 15.1. The molecule has 0 aromatic carbocycles. The van der Waals surface area contributed by atoms with Crippen LogP contribution in [0.25, 0.3) is 0 Å². The van der Waals surface area contributed by atoms with Crippen LogP contribution < -0.4 is 11.6 Å². The van der Waals surface area contributed by atoms with Crippen LogP contribution in [0.5, 0.6) is 0 Å². The minimum Gasteiger partial charge on any atom is -0.467 e. The summed E-state index contributed by atoms with van der Waals surface area (Å²) >= 11 is 0. The molecule has 0 radical (unpaired) electrons. The summed E-state index contributed by atoms with van der Waals surface area (Å²) in [5.74, 6) is 6.06. The van der Waals surface area contributed by atoms with Crippen LogP contribution in [0.15, 0.2) is 11.9 Å². The zero-order chi connectivity index (χ0) is 18.1. The third-order valence-corrected chi connectivity index (χ3v) is 4.71. The highest BCUT2D eigenvalue weighted by molar-refractivity contribution is 5.88. The van der Waals surface area contributed by atoms with Crippen molar-refractivity contribution >= 4 is 11.9 Å². The fourth-order valence-electron chi connectivity index (χ4n) is 3.28. The number of hydrogen-bond acceptors (Lipinski definition) is 6. The molecule has 136 valence electrons. The van der Waals surface area contributed by atoms with Gasteiger partial charge < -0.3 is 20.4 Å². The molecule has 1 heterocycles. The molecular weight excluding hydrogens is 308 g/mol. The van der Waals surface area contributed by atoms with E-state index in [4.69, 9.17) is 16.3 Å². The van der Waals surface area contributed by atoms with Gasteiger partial charge >= 0.3 is 5.97 Å². The van der Waals surface area contributed by atoms with Gasteiger partial charge in [-0.2, -0.15) is 0 Å². The van der Waals surface area contributed by atoms with E-state index in [0.717, 1.165) is 19.3 Å². The van der Waals surface area contributed by atoms with E-state index in [9.17, 15) is 9.59 Å². The number of nitrogens with two attached hydrogens (primary N) is 2. The van der Waals surface area contributed by atoms with Crippen molar-refractivity contribution in [3.8, 4) is 0 Å². The third kappa shape index (κ3) is 4.01. The van der Waals surface area contributed by atoms with Gasteiger partial charge in [0.2, 0.25) is 5.91 Å². The Hall–Kier alpha value is -1.76. The second-order valence-corrected chi connectivity index (χ2v) is 7.83. The summed E-state index contributed by atoms with van der Waals surface area (Å²) in [7, 11) is 1.35. The summed E-state index contributed by atoms with van der Waals surface area (Å²) in [5.41, 5.74) is 6.36. The van der Waals surface area contributed by atoms with Crippen molar-refractivity contribution in [2.24, 2.45) is 22.9 Å². The third-order valence-electron chi connectivity index (χ3n) is 4.71. The second kappa shape index (κ2) is 7.01. The standard InChI is InChI=1S/C17H30N4O3/c1-17(2,3)14(21(19)10-12(18)11-7-8-11)15(22)20-9-5-6-13(20)16(23)24-4/h10-11,13-14H,5-9,18-19H2,1-4H3/b12-10-. The van der Waals surface area contributed by atoms with Crippen molar-refractivity contribution in [3.63, 3.8) is 0 Å². The van der Waals surface area contributed by atoms with Crippen LogP contribution in [-0.2, 0) is 14.3 Å². The fraction of sp³-hybridized carbons (Fsp3) is 0.765. The molecule has 0 bridgehead atoms. The molecular formula is C17H30N4O3. The average molecular weight is 338 g/mol. The fourth-order valence-corrected chi connectivity index (χ4v) is 3.28. The first-order chi connectivity index (χ1) is 11.2. The molecule has 2 fully saturated rings. The van der Waals surface area contributed by atoms with E-state index in [1.165, 1.54) is 12.1 Å². The number of allylic oxidation sites excluding steroid dienone is 1. The normalized spacial score (nSPS) is 23.1. The molecule has 2 atom stereocenters. The van der Waals surface area contributed by atoms with Crippen LogP contribution in [0, 0.1) is 11.3 Å². The number of carbonyl (C=O) groups is 2. The molecule has 7 nitrogen and oxygen atoms in total. The molecule has 7 heteroatoms. The first-order valence-electron chi connectivity index (χ1n) is 8.55. The topological polar surface area (TPSA) is 102 Å². The molecule has 4 N–H and O–H groups in total. The molecule has 0 aromatic heterocycles. The van der Waals surface area contributed by atoms with Gasteiger partial charge in [-0.3, -0.25) is 4.79 Å². The predicted octanol–water partition coefficient (Wildman–Crippen LogP) is 0.951. The van der Waals surface area contributed by atoms with Crippen LogP contribution >= 0.6 is 0 Å². The maximum atomic E-state index is 13.2. The van der Waals surface area contributed by atoms with E-state index in [1.807, 2.05) is 20.8 Å². The highest BCUT2D eigenvalue weighted by Gasteiger charge is 2.43. The van der Waals surface area contributed by atoms with Crippen LogP contribution in [0.1, 0.15) is 46.5 Å². The number of hydrazine groups is 1. The van der Waals surface area contributed by atoms with Crippen LogP contribution in [0.3, 0.4) is 0 Å². The lowest BCUT2D eigenvalue weighted by Crippen LogP contribution is -2.57. The predicted molar refractivity (Wildman–Crippen MR) is 91.0 cm³/mol. The summed E-state index contributed by atoms with van der Waals surface area (Å²) in [4.78, 5) is 26.7. The second-order valence-electron chi connectivity index (χ2n) is 7.83. The molecule has 0 spiro atoms. The van der Waals surface area contributed by atoms with Crippen molar-refractivity contribution in [3.05, 3.63) is 11.9 Å².